The van der Waals surface area contributed by atoms with Crippen LogP contribution in [0.5, 0.6) is 0 Å². The van der Waals surface area contributed by atoms with Crippen molar-refractivity contribution >= 4 is 35.9 Å². The van der Waals surface area contributed by atoms with E-state index in [0.29, 0.717) is 17.7 Å². The molecule has 7 nitrogen and oxygen atoms in total. The average molecular weight is 509 g/mol. The SMILES string of the molecule is CCOC(=O)c1c2c(nn1[C@H](C)CN)C[C@@H](C)N(C(=O)c1ccc(Cl)c(C(F)(F)F)c1)C2.Cl. The molecular formula is C21H25Cl2F3N4O3. The van der Waals surface area contributed by atoms with Crippen molar-refractivity contribution in [1.29, 1.82) is 0 Å². The minimum atomic E-state index is -4.69. The smallest absolute Gasteiger partial charge is 0.417 e. The van der Waals surface area contributed by atoms with Crippen LogP contribution < -0.4 is 5.73 Å². The highest BCUT2D eigenvalue weighted by Crippen LogP contribution is 2.36. The number of halogens is 5. The quantitative estimate of drug-likeness (QED) is 0.609. The van der Waals surface area contributed by atoms with Crippen molar-refractivity contribution in [3.8, 4) is 0 Å². The van der Waals surface area contributed by atoms with Gasteiger partial charge in [0.05, 0.1) is 35.5 Å². The molecule has 2 N–H and O–H groups in total. The van der Waals surface area contributed by atoms with Crippen LogP contribution in [0.4, 0.5) is 13.2 Å². The Morgan fingerprint density at radius 1 is 1.36 bits per heavy atom. The van der Waals surface area contributed by atoms with E-state index in [1.807, 2.05) is 0 Å². The van der Waals surface area contributed by atoms with Gasteiger partial charge in [-0.1, -0.05) is 11.6 Å². The first-order valence-electron chi connectivity index (χ1n) is 10.1. The largest absolute Gasteiger partial charge is 0.461 e. The van der Waals surface area contributed by atoms with Crippen LogP contribution in [0.25, 0.3) is 0 Å². The van der Waals surface area contributed by atoms with Gasteiger partial charge in [0.15, 0.2) is 5.69 Å². The number of aromatic nitrogens is 2. The maximum Gasteiger partial charge on any atom is 0.417 e. The third-order valence-electron chi connectivity index (χ3n) is 5.45. The lowest BCUT2D eigenvalue weighted by molar-refractivity contribution is -0.137. The first-order valence-corrected chi connectivity index (χ1v) is 10.5. The molecule has 1 aliphatic heterocycles. The molecule has 0 saturated heterocycles. The lowest BCUT2D eigenvalue weighted by Crippen LogP contribution is -2.43. The van der Waals surface area contributed by atoms with E-state index in [1.54, 1.807) is 20.8 Å². The normalized spacial score (nSPS) is 16.6. The third-order valence-corrected chi connectivity index (χ3v) is 5.78. The number of hydrogen-bond acceptors (Lipinski definition) is 5. The molecule has 2 heterocycles. The maximum atomic E-state index is 13.3. The molecule has 1 aliphatic rings. The topological polar surface area (TPSA) is 90.4 Å². The third kappa shape index (κ3) is 5.28. The van der Waals surface area contributed by atoms with Gasteiger partial charge in [-0.05, 0) is 39.0 Å². The minimum Gasteiger partial charge on any atom is -0.461 e. The average Bonchev–Trinajstić information content (AvgIpc) is 3.10. The summed E-state index contributed by atoms with van der Waals surface area (Å²) in [4.78, 5) is 27.3. The molecule has 182 valence electrons. The molecular weight excluding hydrogens is 484 g/mol. The zero-order valence-corrected chi connectivity index (χ0v) is 19.9. The van der Waals surface area contributed by atoms with Gasteiger partial charge in [0.25, 0.3) is 5.91 Å². The van der Waals surface area contributed by atoms with Crippen LogP contribution in [-0.2, 0) is 23.9 Å². The lowest BCUT2D eigenvalue weighted by atomic mass is 9.98. The summed E-state index contributed by atoms with van der Waals surface area (Å²) in [7, 11) is 0. The summed E-state index contributed by atoms with van der Waals surface area (Å²) in [6, 6.07) is 2.42. The van der Waals surface area contributed by atoms with Crippen molar-refractivity contribution in [3.05, 3.63) is 51.3 Å². The Labute approximate surface area is 200 Å². The van der Waals surface area contributed by atoms with E-state index in [4.69, 9.17) is 22.1 Å². The molecule has 2 aromatic rings. The highest BCUT2D eigenvalue weighted by Gasteiger charge is 2.37. The molecule has 0 aliphatic carbocycles. The van der Waals surface area contributed by atoms with Gasteiger partial charge in [-0.25, -0.2) is 4.79 Å². The number of alkyl halides is 3. The Bertz CT molecular complexity index is 1040. The van der Waals surface area contributed by atoms with Crippen LogP contribution in [0.15, 0.2) is 18.2 Å². The maximum absolute atomic E-state index is 13.3. The number of esters is 1. The van der Waals surface area contributed by atoms with Crippen molar-refractivity contribution in [2.24, 2.45) is 5.73 Å². The van der Waals surface area contributed by atoms with Gasteiger partial charge in [-0.3, -0.25) is 9.48 Å². The molecule has 0 unspecified atom stereocenters. The highest BCUT2D eigenvalue weighted by atomic mass is 35.5. The van der Waals surface area contributed by atoms with Gasteiger partial charge in [-0.2, -0.15) is 18.3 Å². The molecule has 1 aromatic heterocycles. The first kappa shape index (κ1) is 26.9. The van der Waals surface area contributed by atoms with Crippen molar-refractivity contribution in [1.82, 2.24) is 14.7 Å². The predicted octanol–water partition coefficient (Wildman–Crippen LogP) is 4.26. The zero-order valence-electron chi connectivity index (χ0n) is 18.3. The predicted molar refractivity (Wildman–Crippen MR) is 119 cm³/mol. The Morgan fingerprint density at radius 3 is 2.61 bits per heavy atom. The van der Waals surface area contributed by atoms with Gasteiger partial charge in [0.2, 0.25) is 0 Å². The van der Waals surface area contributed by atoms with Gasteiger partial charge in [0.1, 0.15) is 0 Å². The molecule has 1 aromatic carbocycles. The Morgan fingerprint density at radius 2 is 2.03 bits per heavy atom. The summed E-state index contributed by atoms with van der Waals surface area (Å²) >= 11 is 5.68. The molecule has 0 bridgehead atoms. The number of fused-ring (bicyclic) bond motifs is 1. The van der Waals surface area contributed by atoms with Crippen LogP contribution in [0, 0.1) is 0 Å². The summed E-state index contributed by atoms with van der Waals surface area (Å²) in [5.74, 6) is -1.19. The van der Waals surface area contributed by atoms with Gasteiger partial charge >= 0.3 is 12.1 Å². The van der Waals surface area contributed by atoms with Crippen molar-refractivity contribution < 1.29 is 27.5 Å². The van der Waals surface area contributed by atoms with E-state index >= 15 is 0 Å². The van der Waals surface area contributed by atoms with E-state index in [9.17, 15) is 22.8 Å². The number of nitrogens with two attached hydrogens (primary N) is 1. The van der Waals surface area contributed by atoms with Crippen molar-refractivity contribution in [3.63, 3.8) is 0 Å². The van der Waals surface area contributed by atoms with E-state index in [2.05, 4.69) is 5.10 Å². The van der Waals surface area contributed by atoms with Gasteiger partial charge in [0, 0.05) is 30.1 Å². The van der Waals surface area contributed by atoms with E-state index in [0.717, 1.165) is 12.1 Å². The van der Waals surface area contributed by atoms with Crippen LogP contribution in [-0.4, -0.2) is 45.8 Å². The summed E-state index contributed by atoms with van der Waals surface area (Å²) in [5, 5.41) is 4.05. The van der Waals surface area contributed by atoms with Crippen molar-refractivity contribution in [2.45, 2.75) is 52.0 Å². The second kappa shape index (κ2) is 10.3. The lowest BCUT2D eigenvalue weighted by Gasteiger charge is -2.33. The molecule has 1 amide bonds. The van der Waals surface area contributed by atoms with Crippen LogP contribution in [0.3, 0.4) is 0 Å². The summed E-state index contributed by atoms with van der Waals surface area (Å²) < 4.78 is 46.4. The summed E-state index contributed by atoms with van der Waals surface area (Å²) in [6.07, 6.45) is -4.36. The number of carbonyl (C=O) groups excluding carboxylic acids is 2. The van der Waals surface area contributed by atoms with Crippen molar-refractivity contribution in [2.75, 3.05) is 13.2 Å². The van der Waals surface area contributed by atoms with Crippen LogP contribution >= 0.6 is 24.0 Å². The van der Waals surface area contributed by atoms with Gasteiger partial charge < -0.3 is 15.4 Å². The minimum absolute atomic E-state index is 0. The standard InChI is InChI=1S/C21H24ClF3N4O3.ClH/c1-4-32-20(31)18-14-10-28(11(2)7-17(14)27-29(18)12(3)9-26)19(30)13-5-6-16(22)15(8-13)21(23,24)25;/h5-6,8,11-12H,4,7,9-10,26H2,1-3H3;1H/t11-,12-;/m1./s1. The molecule has 0 radical (unpaired) electrons. The number of carbonyl (C=O) groups is 2. The fraction of sp³-hybridized carbons (Fsp3) is 0.476. The van der Waals surface area contributed by atoms with E-state index in [1.165, 1.54) is 15.6 Å². The Balaban J connectivity index is 0.00000385. The van der Waals surface area contributed by atoms with Gasteiger partial charge in [-0.15, -0.1) is 12.4 Å². The molecule has 0 fully saturated rings. The molecule has 0 spiro atoms. The fourth-order valence-corrected chi connectivity index (χ4v) is 3.93. The van der Waals surface area contributed by atoms with Crippen LogP contribution in [0.2, 0.25) is 5.02 Å². The van der Waals surface area contributed by atoms with E-state index < -0.39 is 28.6 Å². The van der Waals surface area contributed by atoms with Crippen LogP contribution in [0.1, 0.15) is 64.5 Å². The summed E-state index contributed by atoms with van der Waals surface area (Å²) in [6.45, 7) is 5.64. The fourth-order valence-electron chi connectivity index (χ4n) is 3.71. The first-order chi connectivity index (χ1) is 15.0. The summed E-state index contributed by atoms with van der Waals surface area (Å²) in [5.41, 5.74) is 5.90. The Hall–Kier alpha value is -2.30. The van der Waals surface area contributed by atoms with E-state index in [-0.39, 0.29) is 55.4 Å². The molecule has 3 rings (SSSR count). The second-order valence-electron chi connectivity index (χ2n) is 7.70. The number of amides is 1. The molecule has 33 heavy (non-hydrogen) atoms. The molecule has 0 saturated carbocycles. The zero-order chi connectivity index (χ0) is 23.8. The monoisotopic (exact) mass is 508 g/mol. The number of benzene rings is 1. The second-order valence-corrected chi connectivity index (χ2v) is 8.11. The highest BCUT2D eigenvalue weighted by molar-refractivity contribution is 6.31. The number of rotatable bonds is 5. The number of nitrogens with zero attached hydrogens (tertiary/aromatic N) is 3. The molecule has 2 atom stereocenters. The number of ether oxygens (including phenoxy) is 1. The molecule has 12 heteroatoms. The number of hydrogen-bond donors (Lipinski definition) is 1. The Kier molecular flexibility index (Phi) is 8.42.